The van der Waals surface area contributed by atoms with Crippen LogP contribution in [-0.2, 0) is 0 Å². The molecule has 0 unspecified atom stereocenters. The Kier molecular flexibility index (Phi) is 4.93. The predicted octanol–water partition coefficient (Wildman–Crippen LogP) is 3.95. The SMILES string of the molecule is C=CC.CC1(C)C=CCCC1. The molecular formula is C11H20. The van der Waals surface area contributed by atoms with Crippen molar-refractivity contribution in [2.45, 2.75) is 40.0 Å². The van der Waals surface area contributed by atoms with Gasteiger partial charge in [0.25, 0.3) is 0 Å². The highest BCUT2D eigenvalue weighted by molar-refractivity contribution is 4.98. The van der Waals surface area contributed by atoms with Crippen molar-refractivity contribution in [3.05, 3.63) is 24.8 Å². The molecule has 0 nitrogen and oxygen atoms in total. The summed E-state index contributed by atoms with van der Waals surface area (Å²) in [6.45, 7) is 9.84. The molecule has 0 fully saturated rings. The van der Waals surface area contributed by atoms with Crippen LogP contribution >= 0.6 is 0 Å². The highest BCUT2D eigenvalue weighted by atomic mass is 14.2. The summed E-state index contributed by atoms with van der Waals surface area (Å²) >= 11 is 0. The summed E-state index contributed by atoms with van der Waals surface area (Å²) in [6.07, 6.45) is 10.4. The van der Waals surface area contributed by atoms with Gasteiger partial charge in [-0.1, -0.05) is 32.1 Å². The first-order chi connectivity index (χ1) is 5.12. The van der Waals surface area contributed by atoms with Gasteiger partial charge in [0.05, 0.1) is 0 Å². The highest BCUT2D eigenvalue weighted by Gasteiger charge is 2.14. The third-order valence-corrected chi connectivity index (χ3v) is 1.76. The van der Waals surface area contributed by atoms with Crippen molar-refractivity contribution in [2.24, 2.45) is 5.41 Å². The van der Waals surface area contributed by atoms with Gasteiger partial charge in [-0.3, -0.25) is 0 Å². The summed E-state index contributed by atoms with van der Waals surface area (Å²) < 4.78 is 0. The van der Waals surface area contributed by atoms with Crippen LogP contribution in [-0.4, -0.2) is 0 Å². The van der Waals surface area contributed by atoms with Gasteiger partial charge in [0.15, 0.2) is 0 Å². The van der Waals surface area contributed by atoms with E-state index in [0.29, 0.717) is 5.41 Å². The smallest absolute Gasteiger partial charge is 0.0175 e. The summed E-state index contributed by atoms with van der Waals surface area (Å²) in [5.74, 6) is 0. The summed E-state index contributed by atoms with van der Waals surface area (Å²) in [7, 11) is 0. The Bertz CT molecular complexity index is 129. The van der Waals surface area contributed by atoms with Gasteiger partial charge >= 0.3 is 0 Å². The molecule has 0 bridgehead atoms. The molecule has 11 heavy (non-hydrogen) atoms. The number of rotatable bonds is 0. The Morgan fingerprint density at radius 2 is 2.00 bits per heavy atom. The van der Waals surface area contributed by atoms with Crippen molar-refractivity contribution < 1.29 is 0 Å². The van der Waals surface area contributed by atoms with Crippen molar-refractivity contribution in [1.82, 2.24) is 0 Å². The van der Waals surface area contributed by atoms with Crippen LogP contribution in [0.1, 0.15) is 40.0 Å². The molecule has 64 valence electrons. The van der Waals surface area contributed by atoms with Crippen LogP contribution in [0, 0.1) is 5.41 Å². The molecule has 0 aromatic heterocycles. The summed E-state index contributed by atoms with van der Waals surface area (Å²) in [4.78, 5) is 0. The minimum absolute atomic E-state index is 0.498. The Labute approximate surface area is 71.0 Å². The molecule has 0 N–H and O–H groups in total. The molecule has 0 radical (unpaired) electrons. The Balaban J connectivity index is 0.000000292. The lowest BCUT2D eigenvalue weighted by Crippen LogP contribution is -2.09. The molecule has 1 aliphatic carbocycles. The largest absolute Gasteiger partial charge is 0.103 e. The monoisotopic (exact) mass is 152 g/mol. The third kappa shape index (κ3) is 5.90. The maximum absolute atomic E-state index is 3.36. The van der Waals surface area contributed by atoms with E-state index in [2.05, 4.69) is 32.6 Å². The maximum Gasteiger partial charge on any atom is -0.0175 e. The minimum atomic E-state index is 0.498. The summed E-state index contributed by atoms with van der Waals surface area (Å²) in [5, 5.41) is 0. The van der Waals surface area contributed by atoms with E-state index in [1.807, 2.05) is 6.92 Å². The zero-order valence-corrected chi connectivity index (χ0v) is 8.06. The zero-order chi connectivity index (χ0) is 8.74. The van der Waals surface area contributed by atoms with E-state index in [-0.39, 0.29) is 0 Å². The van der Waals surface area contributed by atoms with E-state index in [1.165, 1.54) is 19.3 Å². The van der Waals surface area contributed by atoms with Crippen LogP contribution in [0.5, 0.6) is 0 Å². The molecule has 0 saturated carbocycles. The maximum atomic E-state index is 3.36. The first-order valence-electron chi connectivity index (χ1n) is 4.37. The second-order valence-electron chi connectivity index (χ2n) is 3.69. The molecule has 0 saturated heterocycles. The lowest BCUT2D eigenvalue weighted by molar-refractivity contribution is 0.406. The van der Waals surface area contributed by atoms with Crippen LogP contribution in [0.3, 0.4) is 0 Å². The van der Waals surface area contributed by atoms with Crippen LogP contribution in [0.2, 0.25) is 0 Å². The molecule has 0 heterocycles. The van der Waals surface area contributed by atoms with Crippen molar-refractivity contribution in [3.8, 4) is 0 Å². The van der Waals surface area contributed by atoms with E-state index in [1.54, 1.807) is 6.08 Å². The molecule has 0 amide bonds. The standard InChI is InChI=1S/C8H14.C3H6/c1-8(2)6-4-3-5-7-8;1-3-2/h4,6H,3,5,7H2,1-2H3;3H,1H2,2H3. The van der Waals surface area contributed by atoms with Gasteiger partial charge in [-0.15, -0.1) is 6.58 Å². The van der Waals surface area contributed by atoms with Gasteiger partial charge in [-0.2, -0.15) is 0 Å². The molecule has 1 rings (SSSR count). The average molecular weight is 152 g/mol. The Hall–Kier alpha value is -0.520. The normalized spacial score (nSPS) is 19.9. The topological polar surface area (TPSA) is 0 Å². The van der Waals surface area contributed by atoms with Crippen LogP contribution in [0.25, 0.3) is 0 Å². The Morgan fingerprint density at radius 3 is 2.18 bits per heavy atom. The van der Waals surface area contributed by atoms with Crippen molar-refractivity contribution in [2.75, 3.05) is 0 Å². The number of hydrogen-bond donors (Lipinski definition) is 0. The van der Waals surface area contributed by atoms with Gasteiger partial charge < -0.3 is 0 Å². The van der Waals surface area contributed by atoms with Crippen LogP contribution in [0.4, 0.5) is 0 Å². The second-order valence-corrected chi connectivity index (χ2v) is 3.69. The molecule has 0 aromatic rings. The first kappa shape index (κ1) is 10.5. The molecule has 0 atom stereocenters. The molecular weight excluding hydrogens is 132 g/mol. The molecule has 1 aliphatic rings. The van der Waals surface area contributed by atoms with Crippen molar-refractivity contribution in [1.29, 1.82) is 0 Å². The van der Waals surface area contributed by atoms with Crippen LogP contribution in [0.15, 0.2) is 24.8 Å². The van der Waals surface area contributed by atoms with Gasteiger partial charge in [-0.05, 0) is 31.6 Å². The van der Waals surface area contributed by atoms with Crippen LogP contribution < -0.4 is 0 Å². The van der Waals surface area contributed by atoms with E-state index >= 15 is 0 Å². The zero-order valence-electron chi connectivity index (χ0n) is 8.06. The predicted molar refractivity (Wildman–Crippen MR) is 52.6 cm³/mol. The van der Waals surface area contributed by atoms with Gasteiger partial charge in [0, 0.05) is 0 Å². The van der Waals surface area contributed by atoms with E-state index in [9.17, 15) is 0 Å². The molecule has 0 aromatic carbocycles. The van der Waals surface area contributed by atoms with E-state index < -0.39 is 0 Å². The Morgan fingerprint density at radius 1 is 1.45 bits per heavy atom. The minimum Gasteiger partial charge on any atom is -0.103 e. The van der Waals surface area contributed by atoms with Gasteiger partial charge in [0.1, 0.15) is 0 Å². The number of allylic oxidation sites excluding steroid dienone is 3. The van der Waals surface area contributed by atoms with E-state index in [4.69, 9.17) is 0 Å². The highest BCUT2D eigenvalue weighted by Crippen LogP contribution is 2.28. The van der Waals surface area contributed by atoms with Crippen molar-refractivity contribution in [3.63, 3.8) is 0 Å². The first-order valence-corrected chi connectivity index (χ1v) is 4.37. The number of hydrogen-bond acceptors (Lipinski definition) is 0. The molecule has 0 spiro atoms. The van der Waals surface area contributed by atoms with Crippen molar-refractivity contribution >= 4 is 0 Å². The van der Waals surface area contributed by atoms with E-state index in [0.717, 1.165) is 0 Å². The van der Waals surface area contributed by atoms with Gasteiger partial charge in [0.2, 0.25) is 0 Å². The van der Waals surface area contributed by atoms with Gasteiger partial charge in [-0.25, -0.2) is 0 Å². The molecule has 0 aliphatic heterocycles. The fourth-order valence-electron chi connectivity index (χ4n) is 1.16. The quantitative estimate of drug-likeness (QED) is 0.461. The summed E-state index contributed by atoms with van der Waals surface area (Å²) in [5.41, 5.74) is 0.498. The second kappa shape index (κ2) is 5.17. The fraction of sp³-hybridized carbons (Fsp3) is 0.636. The fourth-order valence-corrected chi connectivity index (χ4v) is 1.16. The molecule has 0 heteroatoms. The third-order valence-electron chi connectivity index (χ3n) is 1.76. The lowest BCUT2D eigenvalue weighted by Gasteiger charge is -2.22. The summed E-state index contributed by atoms with van der Waals surface area (Å²) in [6, 6.07) is 0. The lowest BCUT2D eigenvalue weighted by atomic mass is 9.83. The average Bonchev–Trinajstić information content (AvgIpc) is 1.88.